The molecule has 0 aliphatic carbocycles. The topological polar surface area (TPSA) is 79.9 Å². The Morgan fingerprint density at radius 3 is 2.38 bits per heavy atom. The van der Waals surface area contributed by atoms with E-state index < -0.39 is 30.8 Å². The van der Waals surface area contributed by atoms with E-state index in [1.807, 2.05) is 0 Å². The standard InChI is InChI=1S/C19H25F2N3O4.ClH/c1-27-15-4-3-12(9-16(15)28-2)18(26)24-7-5-13(6-8-24)23-17(25)14-10-19(20,21)11-22-14;/h3-4,9,13-14,22H,5-8,10-11H2,1-2H3,(H,23,25);1H. The summed E-state index contributed by atoms with van der Waals surface area (Å²) in [6.07, 6.45) is 0.678. The number of rotatable bonds is 5. The van der Waals surface area contributed by atoms with Gasteiger partial charge in [-0.05, 0) is 31.0 Å². The quantitative estimate of drug-likeness (QED) is 0.740. The normalized spacial score (nSPS) is 21.2. The van der Waals surface area contributed by atoms with Crippen LogP contribution in [-0.4, -0.2) is 68.6 Å². The van der Waals surface area contributed by atoms with Crippen LogP contribution in [0.4, 0.5) is 8.78 Å². The van der Waals surface area contributed by atoms with E-state index in [1.165, 1.54) is 14.2 Å². The Labute approximate surface area is 174 Å². The van der Waals surface area contributed by atoms with Gasteiger partial charge in [0, 0.05) is 31.1 Å². The van der Waals surface area contributed by atoms with Gasteiger partial charge in [-0.3, -0.25) is 14.9 Å². The van der Waals surface area contributed by atoms with Crippen LogP contribution in [0.2, 0.25) is 0 Å². The minimum Gasteiger partial charge on any atom is -0.493 e. The summed E-state index contributed by atoms with van der Waals surface area (Å²) in [5, 5.41) is 5.38. The molecule has 1 aromatic carbocycles. The lowest BCUT2D eigenvalue weighted by molar-refractivity contribution is -0.124. The lowest BCUT2D eigenvalue weighted by Gasteiger charge is -2.33. The molecule has 7 nitrogen and oxygen atoms in total. The summed E-state index contributed by atoms with van der Waals surface area (Å²) in [7, 11) is 3.04. The van der Waals surface area contributed by atoms with E-state index in [4.69, 9.17) is 9.47 Å². The molecule has 162 valence electrons. The van der Waals surface area contributed by atoms with Crippen molar-refractivity contribution in [2.24, 2.45) is 0 Å². The molecular formula is C19H26ClF2N3O4. The summed E-state index contributed by atoms with van der Waals surface area (Å²) in [6.45, 7) is 0.488. The van der Waals surface area contributed by atoms with Crippen molar-refractivity contribution in [2.75, 3.05) is 33.9 Å². The molecule has 0 radical (unpaired) electrons. The minimum absolute atomic E-state index is 0. The predicted octanol–water partition coefficient (Wildman–Crippen LogP) is 1.84. The number of benzene rings is 1. The first-order valence-corrected chi connectivity index (χ1v) is 9.26. The van der Waals surface area contributed by atoms with Crippen molar-refractivity contribution in [1.82, 2.24) is 15.5 Å². The SMILES string of the molecule is COc1ccc(C(=O)N2CCC(NC(=O)C3CC(F)(F)CN3)CC2)cc1OC.Cl. The maximum absolute atomic E-state index is 13.2. The summed E-state index contributed by atoms with van der Waals surface area (Å²) < 4.78 is 36.9. The van der Waals surface area contributed by atoms with Crippen LogP contribution in [0, 0.1) is 0 Å². The third-order valence-electron chi connectivity index (χ3n) is 5.19. The molecule has 2 aliphatic heterocycles. The van der Waals surface area contributed by atoms with Gasteiger partial charge < -0.3 is 19.7 Å². The van der Waals surface area contributed by atoms with Gasteiger partial charge in [0.1, 0.15) is 0 Å². The van der Waals surface area contributed by atoms with Crippen molar-refractivity contribution in [2.45, 2.75) is 37.3 Å². The van der Waals surface area contributed by atoms with E-state index in [0.29, 0.717) is 43.0 Å². The maximum atomic E-state index is 13.2. The van der Waals surface area contributed by atoms with Crippen LogP contribution in [0.25, 0.3) is 0 Å². The number of hydrogen-bond donors (Lipinski definition) is 2. The van der Waals surface area contributed by atoms with Gasteiger partial charge in [-0.2, -0.15) is 0 Å². The lowest BCUT2D eigenvalue weighted by atomic mass is 10.0. The van der Waals surface area contributed by atoms with Crippen LogP contribution in [-0.2, 0) is 4.79 Å². The Hall–Kier alpha value is -2.13. The van der Waals surface area contributed by atoms with Crippen LogP contribution in [0.1, 0.15) is 29.6 Å². The predicted molar refractivity (Wildman–Crippen MR) is 105 cm³/mol. The van der Waals surface area contributed by atoms with Gasteiger partial charge in [0.05, 0.1) is 26.8 Å². The van der Waals surface area contributed by atoms with E-state index in [-0.39, 0.29) is 24.4 Å². The number of carbonyl (C=O) groups excluding carboxylic acids is 2. The monoisotopic (exact) mass is 433 g/mol. The Morgan fingerprint density at radius 1 is 1.17 bits per heavy atom. The van der Waals surface area contributed by atoms with Gasteiger partial charge in [0.15, 0.2) is 11.5 Å². The molecule has 2 heterocycles. The fourth-order valence-electron chi connectivity index (χ4n) is 3.58. The van der Waals surface area contributed by atoms with E-state index in [2.05, 4.69) is 10.6 Å². The highest BCUT2D eigenvalue weighted by Gasteiger charge is 2.42. The zero-order chi connectivity index (χ0) is 20.3. The summed E-state index contributed by atoms with van der Waals surface area (Å²) in [4.78, 5) is 26.6. The first-order valence-electron chi connectivity index (χ1n) is 9.26. The zero-order valence-electron chi connectivity index (χ0n) is 16.4. The number of hydrogen-bond acceptors (Lipinski definition) is 5. The van der Waals surface area contributed by atoms with E-state index in [9.17, 15) is 18.4 Å². The van der Waals surface area contributed by atoms with Gasteiger partial charge in [-0.15, -0.1) is 12.4 Å². The number of carbonyl (C=O) groups is 2. The molecule has 3 rings (SSSR count). The molecule has 2 N–H and O–H groups in total. The van der Waals surface area contributed by atoms with Gasteiger partial charge in [-0.1, -0.05) is 0 Å². The molecule has 0 spiro atoms. The highest BCUT2D eigenvalue weighted by atomic mass is 35.5. The molecule has 2 saturated heterocycles. The van der Waals surface area contributed by atoms with Crippen molar-refractivity contribution in [3.05, 3.63) is 23.8 Å². The molecule has 0 aromatic heterocycles. The van der Waals surface area contributed by atoms with Gasteiger partial charge in [0.25, 0.3) is 11.8 Å². The van der Waals surface area contributed by atoms with Crippen LogP contribution in [0.5, 0.6) is 11.5 Å². The average Bonchev–Trinajstić information content (AvgIpc) is 3.07. The fourth-order valence-corrected chi connectivity index (χ4v) is 3.58. The van der Waals surface area contributed by atoms with Crippen molar-refractivity contribution < 1.29 is 27.8 Å². The van der Waals surface area contributed by atoms with Crippen LogP contribution >= 0.6 is 12.4 Å². The van der Waals surface area contributed by atoms with Crippen LogP contribution < -0.4 is 20.1 Å². The van der Waals surface area contributed by atoms with Gasteiger partial charge >= 0.3 is 0 Å². The number of nitrogens with zero attached hydrogens (tertiary/aromatic N) is 1. The van der Waals surface area contributed by atoms with Crippen molar-refractivity contribution >= 4 is 24.2 Å². The second-order valence-corrected chi connectivity index (χ2v) is 7.14. The summed E-state index contributed by atoms with van der Waals surface area (Å²) >= 11 is 0. The highest BCUT2D eigenvalue weighted by Crippen LogP contribution is 2.29. The smallest absolute Gasteiger partial charge is 0.262 e. The number of halogens is 3. The molecule has 1 aromatic rings. The van der Waals surface area contributed by atoms with E-state index in [1.54, 1.807) is 23.1 Å². The van der Waals surface area contributed by atoms with E-state index >= 15 is 0 Å². The summed E-state index contributed by atoms with van der Waals surface area (Å²) in [5.41, 5.74) is 0.498. The van der Waals surface area contributed by atoms with E-state index in [0.717, 1.165) is 0 Å². The second kappa shape index (κ2) is 9.58. The third-order valence-corrected chi connectivity index (χ3v) is 5.19. The lowest BCUT2D eigenvalue weighted by Crippen LogP contribution is -2.50. The third kappa shape index (κ3) is 5.48. The Bertz CT molecular complexity index is 742. The molecule has 2 fully saturated rings. The Morgan fingerprint density at radius 2 is 1.83 bits per heavy atom. The Balaban J connectivity index is 0.00000300. The fraction of sp³-hybridized carbons (Fsp3) is 0.579. The number of methoxy groups -OCH3 is 2. The summed E-state index contributed by atoms with van der Waals surface area (Å²) in [5.74, 6) is -2.33. The number of nitrogens with one attached hydrogen (secondary N) is 2. The van der Waals surface area contributed by atoms with Crippen molar-refractivity contribution in [3.8, 4) is 11.5 Å². The van der Waals surface area contributed by atoms with Crippen molar-refractivity contribution in [3.63, 3.8) is 0 Å². The molecule has 2 aliphatic rings. The number of alkyl halides is 2. The second-order valence-electron chi connectivity index (χ2n) is 7.14. The molecule has 1 atom stereocenters. The zero-order valence-corrected chi connectivity index (χ0v) is 17.2. The maximum Gasteiger partial charge on any atom is 0.262 e. The van der Waals surface area contributed by atoms with Crippen LogP contribution in [0.15, 0.2) is 18.2 Å². The molecule has 2 amide bonds. The summed E-state index contributed by atoms with van der Waals surface area (Å²) in [6, 6.07) is 4.02. The number of likely N-dealkylation sites (tertiary alicyclic amines) is 1. The molecule has 10 heteroatoms. The first kappa shape index (κ1) is 23.2. The molecule has 29 heavy (non-hydrogen) atoms. The number of piperidine rings is 1. The van der Waals surface area contributed by atoms with Gasteiger partial charge in [-0.25, -0.2) is 8.78 Å². The van der Waals surface area contributed by atoms with Crippen molar-refractivity contribution in [1.29, 1.82) is 0 Å². The number of amides is 2. The molecule has 1 unspecified atom stereocenters. The minimum atomic E-state index is -2.84. The Kier molecular flexibility index (Phi) is 7.65. The molecular weight excluding hydrogens is 408 g/mol. The highest BCUT2D eigenvalue weighted by molar-refractivity contribution is 5.95. The molecule has 0 bridgehead atoms. The molecule has 0 saturated carbocycles. The number of ether oxygens (including phenoxy) is 2. The largest absolute Gasteiger partial charge is 0.493 e. The van der Waals surface area contributed by atoms with Gasteiger partial charge in [0.2, 0.25) is 5.91 Å². The first-order chi connectivity index (χ1) is 13.3. The van der Waals surface area contributed by atoms with Crippen LogP contribution in [0.3, 0.4) is 0 Å². The average molecular weight is 434 g/mol.